The summed E-state index contributed by atoms with van der Waals surface area (Å²) in [5, 5.41) is 19.3. The molecule has 1 saturated carbocycles. The molecule has 0 aromatic heterocycles. The number of fused-ring (bicyclic) bond motifs is 4. The topological polar surface area (TPSA) is 132 Å². The number of hydrogen-bond acceptors (Lipinski definition) is 6. The third-order valence-electron chi connectivity index (χ3n) is 9.23. The number of carboxylic acids is 1. The fourth-order valence-corrected chi connectivity index (χ4v) is 8.72. The van der Waals surface area contributed by atoms with Crippen molar-refractivity contribution in [3.05, 3.63) is 40.5 Å². The highest BCUT2D eigenvalue weighted by molar-refractivity contribution is 9.09. The average Bonchev–Trinajstić information content (AvgIpc) is 3.24. The molecule has 2 heterocycles. The number of nitrogens with zero attached hydrogens (tertiary/aromatic N) is 2. The van der Waals surface area contributed by atoms with E-state index >= 15 is 0 Å². The molecule has 0 unspecified atom stereocenters. The number of benzene rings is 1. The van der Waals surface area contributed by atoms with Crippen molar-refractivity contribution in [3.63, 3.8) is 0 Å². The van der Waals surface area contributed by atoms with Gasteiger partial charge in [0.25, 0.3) is 11.8 Å². The maximum Gasteiger partial charge on any atom is 0.303 e. The maximum absolute atomic E-state index is 13.8. The Morgan fingerprint density at radius 2 is 1.66 bits per heavy atom. The van der Waals surface area contributed by atoms with Crippen LogP contribution in [0.4, 0.5) is 0 Å². The van der Waals surface area contributed by atoms with E-state index in [4.69, 9.17) is 28.3 Å². The molecule has 1 aromatic rings. The number of aliphatic carboxylic acids is 1. The predicted molar refractivity (Wildman–Crippen MR) is 154 cm³/mol. The van der Waals surface area contributed by atoms with Gasteiger partial charge in [0.05, 0.1) is 17.3 Å². The quantitative estimate of drug-likeness (QED) is 0.138. The fraction of sp³-hybridized carbons (Fsp3) is 0.552. The Bertz CT molecular complexity index is 1380. The van der Waals surface area contributed by atoms with Gasteiger partial charge in [0, 0.05) is 18.9 Å². The number of allylic oxidation sites excluding steroid dienone is 2. The number of imide groups is 2. The first-order chi connectivity index (χ1) is 19.3. The SMILES string of the molecule is Cc1cc([C@H]2C3=CC[C@@H]4C(=O)N(CCCCCC(=O)O)C(=O)[C@@H]4[C@@H]3C[C@@]3(Cl)C(=O)N(CBr)C(=O)[C@@]23Cl)cc(C)c1O. The molecular weight excluding hydrogens is 639 g/mol. The number of phenols is 1. The first-order valence-corrected chi connectivity index (χ1v) is 15.5. The van der Waals surface area contributed by atoms with Gasteiger partial charge in [-0.25, -0.2) is 0 Å². The number of carbonyl (C=O) groups is 5. The zero-order chi connectivity index (χ0) is 30.0. The number of aryl methyl sites for hydroxylation is 2. The smallest absolute Gasteiger partial charge is 0.303 e. The minimum Gasteiger partial charge on any atom is -0.507 e. The summed E-state index contributed by atoms with van der Waals surface area (Å²) in [6.45, 7) is 3.64. The van der Waals surface area contributed by atoms with Crippen LogP contribution in [-0.2, 0) is 24.0 Å². The molecule has 2 aliphatic heterocycles. The number of carboxylic acid groups (broad SMARTS) is 1. The van der Waals surface area contributed by atoms with Gasteiger partial charge in [0.15, 0.2) is 9.75 Å². The lowest BCUT2D eigenvalue weighted by Gasteiger charge is -2.51. The standard InChI is InChI=1S/C29H31BrCl2N2O7/c1-14-10-16(11-15(2)23(14)37)22-17-7-8-18-21(25(39)33(24(18)38)9-5-3-4-6-20(35)36)19(17)12-28(31)26(40)34(13-30)27(41)29(22,28)32/h7,10-11,18-19,21-22,37H,3-6,8-9,12-13H2,1-2H3,(H,35,36)/t18-,19+,21-,22-,28+,29-/m0/s1. The monoisotopic (exact) mass is 668 g/mol. The molecule has 4 amide bonds. The van der Waals surface area contributed by atoms with Gasteiger partial charge in [-0.15, -0.1) is 23.2 Å². The number of rotatable bonds is 8. The largest absolute Gasteiger partial charge is 0.507 e. The second kappa shape index (κ2) is 10.7. The van der Waals surface area contributed by atoms with Crippen molar-refractivity contribution in [2.75, 3.05) is 12.0 Å². The Morgan fingerprint density at radius 3 is 2.27 bits per heavy atom. The van der Waals surface area contributed by atoms with Crippen LogP contribution in [0.2, 0.25) is 0 Å². The van der Waals surface area contributed by atoms with Crippen LogP contribution in [-0.4, -0.2) is 71.4 Å². The summed E-state index contributed by atoms with van der Waals surface area (Å²) in [6.07, 6.45) is 3.59. The number of phenolic OH excluding ortho intramolecular Hbond substituents is 1. The van der Waals surface area contributed by atoms with E-state index in [1.54, 1.807) is 26.0 Å². The van der Waals surface area contributed by atoms with Gasteiger partial charge in [0.2, 0.25) is 11.8 Å². The van der Waals surface area contributed by atoms with Crippen molar-refractivity contribution in [2.45, 2.75) is 68.0 Å². The Hall–Kier alpha value is -2.43. The number of unbranched alkanes of at least 4 members (excludes halogenated alkanes) is 2. The van der Waals surface area contributed by atoms with Crippen LogP contribution in [0.5, 0.6) is 5.75 Å². The van der Waals surface area contributed by atoms with Crippen LogP contribution < -0.4 is 0 Å². The molecule has 0 spiro atoms. The van der Waals surface area contributed by atoms with E-state index in [1.807, 2.05) is 6.08 Å². The molecule has 4 aliphatic rings. The summed E-state index contributed by atoms with van der Waals surface area (Å²) in [5.74, 6) is -5.59. The van der Waals surface area contributed by atoms with Crippen molar-refractivity contribution in [1.29, 1.82) is 0 Å². The van der Waals surface area contributed by atoms with Crippen LogP contribution in [0.15, 0.2) is 23.8 Å². The lowest BCUT2D eigenvalue weighted by Crippen LogP contribution is -2.60. The van der Waals surface area contributed by atoms with Crippen LogP contribution in [0, 0.1) is 31.6 Å². The maximum atomic E-state index is 13.8. The molecule has 3 fully saturated rings. The number of amides is 4. The van der Waals surface area contributed by atoms with Crippen molar-refractivity contribution < 1.29 is 34.2 Å². The van der Waals surface area contributed by atoms with E-state index in [-0.39, 0.29) is 48.8 Å². The second-order valence-corrected chi connectivity index (χ2v) is 13.3. The van der Waals surface area contributed by atoms with E-state index in [0.717, 1.165) is 4.90 Å². The minimum atomic E-state index is -1.89. The lowest BCUT2D eigenvalue weighted by molar-refractivity contribution is -0.141. The van der Waals surface area contributed by atoms with Gasteiger partial charge in [-0.1, -0.05) is 46.1 Å². The van der Waals surface area contributed by atoms with Gasteiger partial charge in [-0.2, -0.15) is 0 Å². The number of carbonyl (C=O) groups excluding carboxylic acids is 4. The molecule has 41 heavy (non-hydrogen) atoms. The number of halogens is 3. The molecule has 12 heteroatoms. The molecule has 5 rings (SSSR count). The van der Waals surface area contributed by atoms with Crippen LogP contribution in [0.25, 0.3) is 0 Å². The van der Waals surface area contributed by atoms with Crippen LogP contribution in [0.3, 0.4) is 0 Å². The first-order valence-electron chi connectivity index (χ1n) is 13.7. The molecule has 1 aromatic carbocycles. The third kappa shape index (κ3) is 4.35. The zero-order valence-electron chi connectivity index (χ0n) is 22.7. The van der Waals surface area contributed by atoms with Gasteiger partial charge in [-0.3, -0.25) is 33.8 Å². The summed E-state index contributed by atoms with van der Waals surface area (Å²) in [7, 11) is 0. The second-order valence-electron chi connectivity index (χ2n) is 11.5. The predicted octanol–water partition coefficient (Wildman–Crippen LogP) is 4.37. The molecular formula is C29H31BrCl2N2O7. The van der Waals surface area contributed by atoms with Crippen molar-refractivity contribution in [3.8, 4) is 5.75 Å². The molecule has 0 bridgehead atoms. The number of hydrogen-bond donors (Lipinski definition) is 2. The van der Waals surface area contributed by atoms with Crippen molar-refractivity contribution in [1.82, 2.24) is 9.80 Å². The Balaban J connectivity index is 1.56. The van der Waals surface area contributed by atoms with E-state index in [2.05, 4.69) is 15.9 Å². The minimum absolute atomic E-state index is 0.0240. The van der Waals surface area contributed by atoms with Crippen molar-refractivity contribution in [2.24, 2.45) is 17.8 Å². The van der Waals surface area contributed by atoms with Gasteiger partial charge < -0.3 is 10.2 Å². The van der Waals surface area contributed by atoms with Gasteiger partial charge in [0.1, 0.15) is 5.75 Å². The molecule has 2 aliphatic carbocycles. The van der Waals surface area contributed by atoms with Gasteiger partial charge in [-0.05, 0) is 62.1 Å². The molecule has 2 N–H and O–H groups in total. The molecule has 0 radical (unpaired) electrons. The summed E-state index contributed by atoms with van der Waals surface area (Å²) < 4.78 is 0. The molecule has 220 valence electrons. The summed E-state index contributed by atoms with van der Waals surface area (Å²) in [4.78, 5) is 64.1. The highest BCUT2D eigenvalue weighted by Crippen LogP contribution is 2.65. The summed E-state index contributed by atoms with van der Waals surface area (Å²) >= 11 is 17.7. The number of aromatic hydroxyl groups is 1. The zero-order valence-corrected chi connectivity index (χ0v) is 25.8. The van der Waals surface area contributed by atoms with Crippen LogP contribution in [0.1, 0.15) is 61.1 Å². The normalized spacial score (nSPS) is 32.7. The van der Waals surface area contributed by atoms with E-state index in [1.165, 1.54) is 4.90 Å². The first kappa shape index (κ1) is 30.0. The molecule has 2 saturated heterocycles. The van der Waals surface area contributed by atoms with Crippen LogP contribution >= 0.6 is 39.1 Å². The van der Waals surface area contributed by atoms with E-state index in [9.17, 15) is 29.1 Å². The number of likely N-dealkylation sites (tertiary alicyclic amines) is 2. The third-order valence-corrected chi connectivity index (χ3v) is 11.1. The number of alkyl halides is 3. The fourth-order valence-electron chi connectivity index (χ4n) is 7.29. The van der Waals surface area contributed by atoms with E-state index in [0.29, 0.717) is 41.5 Å². The highest BCUT2D eigenvalue weighted by atomic mass is 79.9. The summed E-state index contributed by atoms with van der Waals surface area (Å²) in [5.41, 5.74) is 2.32. The van der Waals surface area contributed by atoms with Crippen molar-refractivity contribution >= 4 is 68.7 Å². The van der Waals surface area contributed by atoms with E-state index < -0.39 is 51.2 Å². The Labute approximate surface area is 256 Å². The Morgan fingerprint density at radius 1 is 1.00 bits per heavy atom. The van der Waals surface area contributed by atoms with Gasteiger partial charge >= 0.3 is 5.97 Å². The lowest BCUT2D eigenvalue weighted by atomic mass is 9.56. The summed E-state index contributed by atoms with van der Waals surface area (Å²) in [6, 6.07) is 3.45. The molecule has 6 atom stereocenters. The average molecular weight is 670 g/mol. The highest BCUT2D eigenvalue weighted by Gasteiger charge is 2.76. The molecule has 9 nitrogen and oxygen atoms in total. The Kier molecular flexibility index (Phi) is 7.83.